The third kappa shape index (κ3) is 3.53. The first-order valence-corrected chi connectivity index (χ1v) is 9.64. The van der Waals surface area contributed by atoms with Crippen molar-refractivity contribution in [3.8, 4) is 6.07 Å². The highest BCUT2D eigenvalue weighted by atomic mass is 35.5. The fourth-order valence-corrected chi connectivity index (χ4v) is 4.32. The Balaban J connectivity index is 2.21. The molecule has 9 heteroatoms. The third-order valence-corrected chi connectivity index (χ3v) is 5.54. The normalized spacial score (nSPS) is 19.2. The SMILES string of the molecule is CC1=C(C(=O)OC(C)C)[C@@H](c2ccc(Cl)cc2Cl)N2C(=N1)SC(C#N)=C2N. The summed E-state index contributed by atoms with van der Waals surface area (Å²) < 4.78 is 5.42. The summed E-state index contributed by atoms with van der Waals surface area (Å²) in [6.45, 7) is 5.26. The van der Waals surface area contributed by atoms with Crippen molar-refractivity contribution in [1.29, 1.82) is 5.26 Å². The van der Waals surface area contributed by atoms with Gasteiger partial charge in [0.15, 0.2) is 5.17 Å². The Hall–Kier alpha value is -2.14. The molecule has 0 bridgehead atoms. The van der Waals surface area contributed by atoms with Crippen LogP contribution in [0.4, 0.5) is 0 Å². The van der Waals surface area contributed by atoms with Crippen molar-refractivity contribution in [2.45, 2.75) is 32.9 Å². The second-order valence-electron chi connectivity index (χ2n) is 6.21. The number of thioether (sulfide) groups is 1. The number of aliphatic imine (C=N–C) groups is 1. The lowest BCUT2D eigenvalue weighted by Crippen LogP contribution is -2.39. The number of nitrogens with zero attached hydrogens (tertiary/aromatic N) is 3. The molecule has 0 unspecified atom stereocenters. The molecule has 0 aromatic heterocycles. The predicted octanol–water partition coefficient (Wildman–Crippen LogP) is 4.33. The summed E-state index contributed by atoms with van der Waals surface area (Å²) in [7, 11) is 0. The van der Waals surface area contributed by atoms with Crippen LogP contribution in [0.3, 0.4) is 0 Å². The average Bonchev–Trinajstić information content (AvgIpc) is 2.88. The number of hydrogen-bond acceptors (Lipinski definition) is 7. The summed E-state index contributed by atoms with van der Waals surface area (Å²) in [5.74, 6) is -0.288. The molecular formula is C18H16Cl2N4O2S. The first-order chi connectivity index (χ1) is 12.7. The van der Waals surface area contributed by atoms with Gasteiger partial charge in [0.05, 0.1) is 23.4 Å². The predicted molar refractivity (Wildman–Crippen MR) is 107 cm³/mol. The molecule has 0 saturated heterocycles. The largest absolute Gasteiger partial charge is 0.459 e. The number of ether oxygens (including phenoxy) is 1. The molecule has 1 aromatic carbocycles. The van der Waals surface area contributed by atoms with E-state index in [1.54, 1.807) is 43.9 Å². The van der Waals surface area contributed by atoms with Gasteiger partial charge in [0, 0.05) is 10.0 Å². The van der Waals surface area contributed by atoms with Gasteiger partial charge in [-0.1, -0.05) is 29.3 Å². The zero-order chi connectivity index (χ0) is 19.9. The number of carbonyl (C=O) groups excluding carboxylic acids is 1. The first-order valence-electron chi connectivity index (χ1n) is 8.07. The highest BCUT2D eigenvalue weighted by molar-refractivity contribution is 8.17. The smallest absolute Gasteiger partial charge is 0.338 e. The number of nitrogens with two attached hydrogens (primary N) is 1. The third-order valence-electron chi connectivity index (χ3n) is 4.00. The van der Waals surface area contributed by atoms with Crippen molar-refractivity contribution in [2.24, 2.45) is 10.7 Å². The molecule has 3 rings (SSSR count). The van der Waals surface area contributed by atoms with E-state index in [4.69, 9.17) is 33.7 Å². The van der Waals surface area contributed by atoms with Gasteiger partial charge in [-0.15, -0.1) is 0 Å². The monoisotopic (exact) mass is 422 g/mol. The number of fused-ring (bicyclic) bond motifs is 1. The molecule has 0 aliphatic carbocycles. The Labute approximate surface area is 171 Å². The maximum atomic E-state index is 12.9. The summed E-state index contributed by atoms with van der Waals surface area (Å²) in [4.78, 5) is 19.3. The van der Waals surface area contributed by atoms with Gasteiger partial charge in [0.2, 0.25) is 0 Å². The van der Waals surface area contributed by atoms with Gasteiger partial charge < -0.3 is 10.5 Å². The van der Waals surface area contributed by atoms with E-state index >= 15 is 0 Å². The maximum absolute atomic E-state index is 12.9. The number of hydrogen-bond donors (Lipinski definition) is 1. The number of carbonyl (C=O) groups is 1. The quantitative estimate of drug-likeness (QED) is 0.728. The van der Waals surface area contributed by atoms with Crippen molar-refractivity contribution < 1.29 is 9.53 Å². The van der Waals surface area contributed by atoms with Crippen molar-refractivity contribution in [3.05, 3.63) is 55.8 Å². The number of nitriles is 1. The zero-order valence-electron chi connectivity index (χ0n) is 14.8. The molecular weight excluding hydrogens is 407 g/mol. The molecule has 0 amide bonds. The molecule has 2 heterocycles. The van der Waals surface area contributed by atoms with Crippen LogP contribution in [0.5, 0.6) is 0 Å². The van der Waals surface area contributed by atoms with Crippen LogP contribution in [0.2, 0.25) is 10.0 Å². The van der Waals surface area contributed by atoms with Gasteiger partial charge in [-0.2, -0.15) is 5.26 Å². The van der Waals surface area contributed by atoms with Crippen LogP contribution in [0.25, 0.3) is 0 Å². The van der Waals surface area contributed by atoms with Gasteiger partial charge in [-0.25, -0.2) is 9.79 Å². The lowest BCUT2D eigenvalue weighted by atomic mass is 9.94. The summed E-state index contributed by atoms with van der Waals surface area (Å²) in [6.07, 6.45) is -0.306. The van der Waals surface area contributed by atoms with Crippen LogP contribution in [0.15, 0.2) is 45.2 Å². The summed E-state index contributed by atoms with van der Waals surface area (Å²) >= 11 is 13.6. The lowest BCUT2D eigenvalue weighted by molar-refractivity contribution is -0.143. The molecule has 2 aliphatic rings. The van der Waals surface area contributed by atoms with Gasteiger partial charge >= 0.3 is 5.97 Å². The van der Waals surface area contributed by atoms with Gasteiger partial charge in [-0.3, -0.25) is 4.90 Å². The average molecular weight is 423 g/mol. The van der Waals surface area contributed by atoms with Crippen LogP contribution >= 0.6 is 35.0 Å². The Bertz CT molecular complexity index is 963. The summed E-state index contributed by atoms with van der Waals surface area (Å²) in [5.41, 5.74) is 7.62. The second-order valence-corrected chi connectivity index (χ2v) is 8.04. The van der Waals surface area contributed by atoms with Crippen molar-refractivity contribution in [3.63, 3.8) is 0 Å². The van der Waals surface area contributed by atoms with Crippen molar-refractivity contribution >= 4 is 46.1 Å². The second kappa shape index (κ2) is 7.47. The van der Waals surface area contributed by atoms with E-state index in [-0.39, 0.29) is 11.9 Å². The minimum atomic E-state index is -0.674. The summed E-state index contributed by atoms with van der Waals surface area (Å²) in [5, 5.41) is 10.7. The summed E-state index contributed by atoms with van der Waals surface area (Å²) in [6, 6.07) is 6.40. The van der Waals surface area contributed by atoms with Crippen LogP contribution in [0, 0.1) is 11.3 Å². The van der Waals surface area contributed by atoms with Gasteiger partial charge in [-0.05, 0) is 50.2 Å². The number of allylic oxidation sites excluding steroid dienone is 2. The van der Waals surface area contributed by atoms with Crippen LogP contribution in [-0.4, -0.2) is 22.1 Å². The Kier molecular flexibility index (Phi) is 5.43. The number of rotatable bonds is 3. The van der Waals surface area contributed by atoms with Gasteiger partial charge in [0.1, 0.15) is 16.8 Å². The fourth-order valence-electron chi connectivity index (χ4n) is 2.90. The Morgan fingerprint density at radius 2 is 2.15 bits per heavy atom. The molecule has 1 atom stereocenters. The minimum absolute atomic E-state index is 0.222. The number of esters is 1. The molecule has 0 radical (unpaired) electrons. The zero-order valence-corrected chi connectivity index (χ0v) is 17.1. The molecule has 0 fully saturated rings. The van der Waals surface area contributed by atoms with Crippen LogP contribution < -0.4 is 5.73 Å². The van der Waals surface area contributed by atoms with E-state index < -0.39 is 12.0 Å². The molecule has 0 saturated carbocycles. The van der Waals surface area contributed by atoms with Crippen molar-refractivity contribution in [2.75, 3.05) is 0 Å². The molecule has 2 aliphatic heterocycles. The Morgan fingerprint density at radius 1 is 1.44 bits per heavy atom. The molecule has 6 nitrogen and oxygen atoms in total. The number of halogens is 2. The van der Waals surface area contributed by atoms with Crippen LogP contribution in [0.1, 0.15) is 32.4 Å². The molecule has 2 N–H and O–H groups in total. The molecule has 1 aromatic rings. The maximum Gasteiger partial charge on any atom is 0.338 e. The highest BCUT2D eigenvalue weighted by Crippen LogP contribution is 2.47. The van der Waals surface area contributed by atoms with E-state index in [2.05, 4.69) is 11.1 Å². The topological polar surface area (TPSA) is 91.7 Å². The van der Waals surface area contributed by atoms with E-state index in [1.165, 1.54) is 0 Å². The van der Waals surface area contributed by atoms with E-state index in [9.17, 15) is 10.1 Å². The lowest BCUT2D eigenvalue weighted by Gasteiger charge is -2.35. The number of amidine groups is 1. The molecule has 0 spiro atoms. The van der Waals surface area contributed by atoms with Gasteiger partial charge in [0.25, 0.3) is 0 Å². The molecule has 140 valence electrons. The highest BCUT2D eigenvalue weighted by Gasteiger charge is 2.43. The molecule has 27 heavy (non-hydrogen) atoms. The van der Waals surface area contributed by atoms with Crippen LogP contribution in [-0.2, 0) is 9.53 Å². The number of benzene rings is 1. The Morgan fingerprint density at radius 3 is 2.74 bits per heavy atom. The fraction of sp³-hybridized carbons (Fsp3) is 0.278. The van der Waals surface area contributed by atoms with E-state index in [1.807, 2.05) is 0 Å². The van der Waals surface area contributed by atoms with E-state index in [0.717, 1.165) is 11.8 Å². The van der Waals surface area contributed by atoms with Crippen molar-refractivity contribution in [1.82, 2.24) is 4.90 Å². The standard InChI is InChI=1S/C18H16Cl2N4O2S/c1-8(2)26-17(25)14-9(3)23-18-24(16(22)13(7-21)27-18)15(14)11-5-4-10(19)6-12(11)20/h4-6,8,15H,22H2,1-3H3/t15-/m1/s1. The minimum Gasteiger partial charge on any atom is -0.459 e. The first kappa shape index (κ1) is 19.6. The van der Waals surface area contributed by atoms with E-state index in [0.29, 0.717) is 37.0 Å².